The number of carbonyl (C=O) groups is 1. The standard InChI is InChI=1S/C15H10Cl2O3/c16-11-2-3-12(17)10(5-11)6-13(18)9-1-4-14-15(7-9)20-8-19-14/h1-5,7H,6,8H2. The molecule has 0 aromatic heterocycles. The maximum absolute atomic E-state index is 12.3. The minimum absolute atomic E-state index is 0.0486. The second-order valence-electron chi connectivity index (χ2n) is 4.40. The van der Waals surface area contributed by atoms with Crippen molar-refractivity contribution in [2.75, 3.05) is 6.79 Å². The molecular formula is C15H10Cl2O3. The minimum Gasteiger partial charge on any atom is -0.454 e. The predicted molar refractivity (Wildman–Crippen MR) is 77.1 cm³/mol. The summed E-state index contributed by atoms with van der Waals surface area (Å²) in [6.07, 6.45) is 0.193. The molecule has 102 valence electrons. The van der Waals surface area contributed by atoms with Gasteiger partial charge in [0.15, 0.2) is 17.3 Å². The minimum atomic E-state index is -0.0486. The van der Waals surface area contributed by atoms with Gasteiger partial charge in [0.2, 0.25) is 6.79 Å². The smallest absolute Gasteiger partial charge is 0.231 e. The average molecular weight is 309 g/mol. The Morgan fingerprint density at radius 2 is 1.85 bits per heavy atom. The van der Waals surface area contributed by atoms with Crippen LogP contribution in [0.2, 0.25) is 10.0 Å². The number of hydrogen-bond acceptors (Lipinski definition) is 3. The molecule has 20 heavy (non-hydrogen) atoms. The first-order valence-corrected chi connectivity index (χ1v) is 6.76. The highest BCUT2D eigenvalue weighted by Crippen LogP contribution is 2.33. The van der Waals surface area contributed by atoms with Gasteiger partial charge >= 0.3 is 0 Å². The summed E-state index contributed by atoms with van der Waals surface area (Å²) >= 11 is 12.0. The van der Waals surface area contributed by atoms with Gasteiger partial charge in [0, 0.05) is 22.0 Å². The molecule has 0 fully saturated rings. The fraction of sp³-hybridized carbons (Fsp3) is 0.133. The van der Waals surface area contributed by atoms with Gasteiger partial charge in [0.1, 0.15) is 0 Å². The molecule has 0 unspecified atom stereocenters. The highest BCUT2D eigenvalue weighted by molar-refractivity contribution is 6.33. The summed E-state index contributed by atoms with van der Waals surface area (Å²) in [5.41, 5.74) is 1.27. The SMILES string of the molecule is O=C(Cc1cc(Cl)ccc1Cl)c1ccc2c(c1)OCO2. The highest BCUT2D eigenvalue weighted by Gasteiger charge is 2.17. The van der Waals surface area contributed by atoms with Gasteiger partial charge in [-0.3, -0.25) is 4.79 Å². The third kappa shape index (κ3) is 2.60. The number of hydrogen-bond donors (Lipinski definition) is 0. The maximum atomic E-state index is 12.3. The Morgan fingerprint density at radius 1 is 1.05 bits per heavy atom. The van der Waals surface area contributed by atoms with Gasteiger partial charge in [-0.1, -0.05) is 23.2 Å². The predicted octanol–water partition coefficient (Wildman–Crippen LogP) is 4.15. The van der Waals surface area contributed by atoms with Crippen molar-refractivity contribution in [2.24, 2.45) is 0 Å². The summed E-state index contributed by atoms with van der Waals surface area (Å²) < 4.78 is 10.5. The van der Waals surface area contributed by atoms with Crippen molar-refractivity contribution in [1.29, 1.82) is 0 Å². The van der Waals surface area contributed by atoms with Crippen molar-refractivity contribution in [1.82, 2.24) is 0 Å². The third-order valence-corrected chi connectivity index (χ3v) is 3.66. The van der Waals surface area contributed by atoms with E-state index in [9.17, 15) is 4.79 Å². The van der Waals surface area contributed by atoms with Crippen LogP contribution in [-0.4, -0.2) is 12.6 Å². The van der Waals surface area contributed by atoms with E-state index >= 15 is 0 Å². The quantitative estimate of drug-likeness (QED) is 0.799. The molecule has 2 aromatic rings. The zero-order chi connectivity index (χ0) is 14.1. The number of benzene rings is 2. The topological polar surface area (TPSA) is 35.5 Å². The first-order chi connectivity index (χ1) is 9.63. The third-order valence-electron chi connectivity index (χ3n) is 3.05. The van der Waals surface area contributed by atoms with E-state index in [1.807, 2.05) is 0 Å². The van der Waals surface area contributed by atoms with E-state index in [-0.39, 0.29) is 19.0 Å². The Morgan fingerprint density at radius 3 is 2.70 bits per heavy atom. The lowest BCUT2D eigenvalue weighted by atomic mass is 10.0. The Balaban J connectivity index is 1.84. The Bertz CT molecular complexity index is 683. The number of fused-ring (bicyclic) bond motifs is 1. The van der Waals surface area contributed by atoms with E-state index in [1.165, 1.54) is 0 Å². The van der Waals surface area contributed by atoms with Crippen LogP contribution < -0.4 is 9.47 Å². The maximum Gasteiger partial charge on any atom is 0.231 e. The van der Waals surface area contributed by atoms with Gasteiger partial charge in [0.25, 0.3) is 0 Å². The summed E-state index contributed by atoms with van der Waals surface area (Å²) in [5, 5.41) is 1.09. The first kappa shape index (κ1) is 13.3. The molecule has 0 saturated carbocycles. The molecule has 5 heteroatoms. The molecule has 0 spiro atoms. The monoisotopic (exact) mass is 308 g/mol. The van der Waals surface area contributed by atoms with E-state index in [1.54, 1.807) is 36.4 Å². The lowest BCUT2D eigenvalue weighted by molar-refractivity contribution is 0.0992. The summed E-state index contributed by atoms with van der Waals surface area (Å²) in [7, 11) is 0. The van der Waals surface area contributed by atoms with Crippen molar-refractivity contribution in [2.45, 2.75) is 6.42 Å². The van der Waals surface area contributed by atoms with Gasteiger partial charge in [-0.05, 0) is 42.0 Å². The zero-order valence-corrected chi connectivity index (χ0v) is 11.9. The molecule has 0 amide bonds. The van der Waals surface area contributed by atoms with Crippen molar-refractivity contribution < 1.29 is 14.3 Å². The van der Waals surface area contributed by atoms with Crippen LogP contribution in [0.5, 0.6) is 11.5 Å². The summed E-state index contributed by atoms with van der Waals surface area (Å²) in [6.45, 7) is 0.188. The van der Waals surface area contributed by atoms with Crippen LogP contribution in [0.25, 0.3) is 0 Å². The molecule has 0 saturated heterocycles. The molecule has 2 aromatic carbocycles. The molecule has 1 heterocycles. The van der Waals surface area contributed by atoms with Crippen LogP contribution in [-0.2, 0) is 6.42 Å². The van der Waals surface area contributed by atoms with E-state index in [0.29, 0.717) is 32.7 Å². The summed E-state index contributed by atoms with van der Waals surface area (Å²) in [5.74, 6) is 1.20. The molecular weight excluding hydrogens is 299 g/mol. The fourth-order valence-corrected chi connectivity index (χ4v) is 2.40. The van der Waals surface area contributed by atoms with E-state index < -0.39 is 0 Å². The Labute approximate surface area is 126 Å². The molecule has 0 atom stereocenters. The lowest BCUT2D eigenvalue weighted by Gasteiger charge is -2.05. The van der Waals surface area contributed by atoms with Crippen molar-refractivity contribution in [3.05, 3.63) is 57.6 Å². The van der Waals surface area contributed by atoms with Crippen LogP contribution >= 0.6 is 23.2 Å². The van der Waals surface area contributed by atoms with Crippen molar-refractivity contribution in [3.8, 4) is 11.5 Å². The number of ether oxygens (including phenoxy) is 2. The normalized spacial score (nSPS) is 12.5. The van der Waals surface area contributed by atoms with Gasteiger partial charge in [0.05, 0.1) is 0 Å². The summed E-state index contributed by atoms with van der Waals surface area (Å²) in [6, 6.07) is 10.2. The van der Waals surface area contributed by atoms with Crippen LogP contribution in [0.1, 0.15) is 15.9 Å². The molecule has 3 nitrogen and oxygen atoms in total. The van der Waals surface area contributed by atoms with E-state index in [0.717, 1.165) is 0 Å². The first-order valence-electron chi connectivity index (χ1n) is 6.00. The number of Topliss-reactive ketones (excluding diaryl/α,β-unsaturated/α-hetero) is 1. The van der Waals surface area contributed by atoms with Crippen molar-refractivity contribution >= 4 is 29.0 Å². The van der Waals surface area contributed by atoms with E-state index in [2.05, 4.69) is 0 Å². The zero-order valence-electron chi connectivity index (χ0n) is 10.4. The highest BCUT2D eigenvalue weighted by atomic mass is 35.5. The molecule has 0 N–H and O–H groups in total. The van der Waals surface area contributed by atoms with Crippen LogP contribution in [0, 0.1) is 0 Å². The van der Waals surface area contributed by atoms with E-state index in [4.69, 9.17) is 32.7 Å². The Hall–Kier alpha value is -1.71. The van der Waals surface area contributed by atoms with Gasteiger partial charge < -0.3 is 9.47 Å². The van der Waals surface area contributed by atoms with Crippen molar-refractivity contribution in [3.63, 3.8) is 0 Å². The lowest BCUT2D eigenvalue weighted by Crippen LogP contribution is -2.04. The Kier molecular flexibility index (Phi) is 3.55. The van der Waals surface area contributed by atoms with Crippen LogP contribution in [0.3, 0.4) is 0 Å². The molecule has 1 aliphatic heterocycles. The van der Waals surface area contributed by atoms with Crippen LogP contribution in [0.15, 0.2) is 36.4 Å². The molecule has 0 radical (unpaired) electrons. The molecule has 0 bridgehead atoms. The molecule has 0 aliphatic carbocycles. The second-order valence-corrected chi connectivity index (χ2v) is 5.25. The second kappa shape index (κ2) is 5.35. The summed E-state index contributed by atoms with van der Waals surface area (Å²) in [4.78, 5) is 12.3. The largest absolute Gasteiger partial charge is 0.454 e. The fourth-order valence-electron chi connectivity index (χ4n) is 2.02. The van der Waals surface area contributed by atoms with Gasteiger partial charge in [-0.25, -0.2) is 0 Å². The number of rotatable bonds is 3. The number of ketones is 1. The average Bonchev–Trinajstić information content (AvgIpc) is 2.90. The van der Waals surface area contributed by atoms with Crippen LogP contribution in [0.4, 0.5) is 0 Å². The number of halogens is 2. The number of carbonyl (C=O) groups excluding carboxylic acids is 1. The molecule has 1 aliphatic rings. The van der Waals surface area contributed by atoms with Gasteiger partial charge in [-0.2, -0.15) is 0 Å². The molecule has 3 rings (SSSR count). The van der Waals surface area contributed by atoms with Gasteiger partial charge in [-0.15, -0.1) is 0 Å².